The molecule has 2 aromatic carbocycles. The SMILES string of the molecule is CCn1c(SCC(=O)Nc2ccc(C)cc2C)nnc1[C@H](NC(=O)c1ccc(F)cc1)C(C)C. The van der Waals surface area contributed by atoms with Crippen molar-refractivity contribution >= 4 is 29.3 Å². The van der Waals surface area contributed by atoms with Crippen LogP contribution in [0.2, 0.25) is 0 Å². The Morgan fingerprint density at radius 1 is 1.09 bits per heavy atom. The molecule has 0 radical (unpaired) electrons. The quantitative estimate of drug-likeness (QED) is 0.422. The average Bonchev–Trinajstić information content (AvgIpc) is 3.20. The molecule has 0 aliphatic heterocycles. The molecule has 1 aromatic heterocycles. The van der Waals surface area contributed by atoms with Gasteiger partial charge in [0, 0.05) is 17.8 Å². The topological polar surface area (TPSA) is 88.9 Å². The molecule has 0 saturated heterocycles. The second-order valence-electron chi connectivity index (χ2n) is 8.44. The number of aromatic nitrogens is 3. The largest absolute Gasteiger partial charge is 0.342 e. The molecule has 9 heteroatoms. The number of anilines is 1. The Balaban J connectivity index is 1.71. The number of nitrogens with zero attached hydrogens (tertiary/aromatic N) is 3. The number of nitrogens with one attached hydrogen (secondary N) is 2. The van der Waals surface area contributed by atoms with Crippen molar-refractivity contribution in [1.82, 2.24) is 20.1 Å². The molecule has 0 aliphatic carbocycles. The molecular formula is C25H30FN5O2S. The Bertz CT molecular complexity index is 1160. The smallest absolute Gasteiger partial charge is 0.251 e. The maximum atomic E-state index is 13.2. The van der Waals surface area contributed by atoms with Crippen LogP contribution in [0.1, 0.15) is 54.1 Å². The molecule has 1 heterocycles. The van der Waals surface area contributed by atoms with E-state index in [1.165, 1.54) is 36.0 Å². The highest BCUT2D eigenvalue weighted by Gasteiger charge is 2.26. The molecule has 0 fully saturated rings. The zero-order valence-electron chi connectivity index (χ0n) is 20.1. The summed E-state index contributed by atoms with van der Waals surface area (Å²) in [7, 11) is 0. The highest BCUT2D eigenvalue weighted by molar-refractivity contribution is 7.99. The fourth-order valence-electron chi connectivity index (χ4n) is 3.56. The van der Waals surface area contributed by atoms with Gasteiger partial charge in [-0.1, -0.05) is 43.3 Å². The molecule has 7 nitrogen and oxygen atoms in total. The van der Waals surface area contributed by atoms with E-state index in [-0.39, 0.29) is 23.5 Å². The van der Waals surface area contributed by atoms with Gasteiger partial charge in [-0.2, -0.15) is 0 Å². The molecule has 1 atom stereocenters. The first kappa shape index (κ1) is 25.4. The lowest BCUT2D eigenvalue weighted by atomic mass is 10.0. The van der Waals surface area contributed by atoms with Gasteiger partial charge >= 0.3 is 0 Å². The van der Waals surface area contributed by atoms with Crippen LogP contribution in [0.15, 0.2) is 47.6 Å². The maximum absolute atomic E-state index is 13.2. The van der Waals surface area contributed by atoms with Crippen LogP contribution in [0.5, 0.6) is 0 Å². The van der Waals surface area contributed by atoms with E-state index in [1.54, 1.807) is 0 Å². The van der Waals surface area contributed by atoms with E-state index < -0.39 is 11.9 Å². The standard InChI is InChI=1S/C25H30FN5O2S/c1-6-31-23(22(15(2)3)28-24(33)18-8-10-19(26)11-9-18)29-30-25(31)34-14-21(32)27-20-12-7-16(4)13-17(20)5/h7-13,15,22H,6,14H2,1-5H3,(H,27,32)(H,28,33)/t22-/m1/s1. The monoisotopic (exact) mass is 483 g/mol. The molecular weight excluding hydrogens is 453 g/mol. The average molecular weight is 484 g/mol. The van der Waals surface area contributed by atoms with Gasteiger partial charge in [0.05, 0.1) is 11.8 Å². The first-order valence-corrected chi connectivity index (χ1v) is 12.2. The summed E-state index contributed by atoms with van der Waals surface area (Å²) in [6.45, 7) is 10.5. The minimum absolute atomic E-state index is 0.0320. The number of carbonyl (C=O) groups is 2. The fourth-order valence-corrected chi connectivity index (χ4v) is 4.37. The van der Waals surface area contributed by atoms with Crippen molar-refractivity contribution in [3.05, 3.63) is 70.8 Å². The Hall–Kier alpha value is -3.20. The van der Waals surface area contributed by atoms with Gasteiger partial charge in [0.15, 0.2) is 11.0 Å². The van der Waals surface area contributed by atoms with Crippen molar-refractivity contribution in [2.24, 2.45) is 5.92 Å². The normalized spacial score (nSPS) is 12.0. The first-order chi connectivity index (χ1) is 16.2. The third-order valence-electron chi connectivity index (χ3n) is 5.39. The predicted molar refractivity (Wildman–Crippen MR) is 132 cm³/mol. The van der Waals surface area contributed by atoms with Crippen molar-refractivity contribution < 1.29 is 14.0 Å². The van der Waals surface area contributed by atoms with E-state index in [0.29, 0.717) is 23.1 Å². The van der Waals surface area contributed by atoms with Crippen LogP contribution in [-0.2, 0) is 11.3 Å². The van der Waals surface area contributed by atoms with Crippen LogP contribution < -0.4 is 10.6 Å². The number of carbonyl (C=O) groups excluding carboxylic acids is 2. The van der Waals surface area contributed by atoms with Gasteiger partial charge in [-0.3, -0.25) is 9.59 Å². The second kappa shape index (κ2) is 11.3. The number of hydrogen-bond donors (Lipinski definition) is 2. The van der Waals surface area contributed by atoms with Crippen LogP contribution in [0.25, 0.3) is 0 Å². The Morgan fingerprint density at radius 2 is 1.79 bits per heavy atom. The Labute approximate surface area is 203 Å². The van der Waals surface area contributed by atoms with Crippen LogP contribution in [0.4, 0.5) is 10.1 Å². The molecule has 2 amide bonds. The summed E-state index contributed by atoms with van der Waals surface area (Å²) in [5, 5.41) is 15.2. The first-order valence-electron chi connectivity index (χ1n) is 11.2. The van der Waals surface area contributed by atoms with Gasteiger partial charge in [0.1, 0.15) is 5.82 Å². The maximum Gasteiger partial charge on any atom is 0.251 e. The summed E-state index contributed by atoms with van der Waals surface area (Å²) in [6.07, 6.45) is 0. The van der Waals surface area contributed by atoms with Gasteiger partial charge in [-0.25, -0.2) is 4.39 Å². The molecule has 0 saturated carbocycles. The number of halogens is 1. The van der Waals surface area contributed by atoms with E-state index in [4.69, 9.17) is 0 Å². The van der Waals surface area contributed by atoms with E-state index >= 15 is 0 Å². The highest BCUT2D eigenvalue weighted by atomic mass is 32.2. The number of aryl methyl sites for hydroxylation is 2. The van der Waals surface area contributed by atoms with Gasteiger partial charge in [0.25, 0.3) is 5.91 Å². The van der Waals surface area contributed by atoms with Gasteiger partial charge < -0.3 is 15.2 Å². The minimum atomic E-state index is -0.400. The zero-order chi connectivity index (χ0) is 24.8. The van der Waals surface area contributed by atoms with Crippen molar-refractivity contribution in [1.29, 1.82) is 0 Å². The summed E-state index contributed by atoms with van der Waals surface area (Å²) in [5.41, 5.74) is 3.30. The molecule has 34 heavy (non-hydrogen) atoms. The Morgan fingerprint density at radius 3 is 2.41 bits per heavy atom. The van der Waals surface area contributed by atoms with E-state index in [1.807, 2.05) is 57.4 Å². The van der Waals surface area contributed by atoms with Crippen LogP contribution >= 0.6 is 11.8 Å². The molecule has 0 spiro atoms. The third-order valence-corrected chi connectivity index (χ3v) is 6.35. The van der Waals surface area contributed by atoms with Crippen molar-refractivity contribution in [3.63, 3.8) is 0 Å². The van der Waals surface area contributed by atoms with E-state index in [2.05, 4.69) is 20.8 Å². The number of thioether (sulfide) groups is 1. The van der Waals surface area contributed by atoms with Crippen molar-refractivity contribution in [2.45, 2.75) is 52.4 Å². The lowest BCUT2D eigenvalue weighted by molar-refractivity contribution is -0.113. The van der Waals surface area contributed by atoms with E-state index in [9.17, 15) is 14.0 Å². The van der Waals surface area contributed by atoms with Gasteiger partial charge in [-0.05, 0) is 62.6 Å². The van der Waals surface area contributed by atoms with Crippen LogP contribution in [-0.4, -0.2) is 32.3 Å². The zero-order valence-corrected chi connectivity index (χ0v) is 20.9. The molecule has 0 bridgehead atoms. The second-order valence-corrected chi connectivity index (χ2v) is 9.38. The third kappa shape index (κ3) is 6.22. The highest BCUT2D eigenvalue weighted by Crippen LogP contribution is 2.26. The number of benzene rings is 2. The van der Waals surface area contributed by atoms with Crippen molar-refractivity contribution in [2.75, 3.05) is 11.1 Å². The summed E-state index contributed by atoms with van der Waals surface area (Å²) in [4.78, 5) is 25.3. The summed E-state index contributed by atoms with van der Waals surface area (Å²) >= 11 is 1.30. The summed E-state index contributed by atoms with van der Waals surface area (Å²) < 4.78 is 15.1. The molecule has 0 aliphatic rings. The molecule has 180 valence electrons. The molecule has 0 unspecified atom stereocenters. The fraction of sp³-hybridized carbons (Fsp3) is 0.360. The minimum Gasteiger partial charge on any atom is -0.342 e. The summed E-state index contributed by atoms with van der Waals surface area (Å²) in [5.74, 6) is -0.0129. The number of hydrogen-bond acceptors (Lipinski definition) is 5. The summed E-state index contributed by atoms with van der Waals surface area (Å²) in [6, 6.07) is 10.9. The van der Waals surface area contributed by atoms with Gasteiger partial charge in [0.2, 0.25) is 5.91 Å². The number of rotatable bonds is 9. The van der Waals surface area contributed by atoms with E-state index in [0.717, 1.165) is 16.8 Å². The molecule has 2 N–H and O–H groups in total. The Kier molecular flexibility index (Phi) is 8.44. The number of amides is 2. The van der Waals surface area contributed by atoms with Crippen LogP contribution in [0, 0.1) is 25.6 Å². The lowest BCUT2D eigenvalue weighted by Gasteiger charge is -2.22. The molecule has 3 rings (SSSR count). The van der Waals surface area contributed by atoms with Crippen LogP contribution in [0.3, 0.4) is 0 Å². The lowest BCUT2D eigenvalue weighted by Crippen LogP contribution is -2.33. The predicted octanol–water partition coefficient (Wildman–Crippen LogP) is 4.91. The molecule has 3 aromatic rings. The van der Waals surface area contributed by atoms with Crippen molar-refractivity contribution in [3.8, 4) is 0 Å². The van der Waals surface area contributed by atoms with Gasteiger partial charge in [-0.15, -0.1) is 10.2 Å².